The van der Waals surface area contributed by atoms with Gasteiger partial charge in [0, 0.05) is 36.9 Å². The first-order valence-electron chi connectivity index (χ1n) is 6.93. The molecule has 1 aliphatic rings. The van der Waals surface area contributed by atoms with E-state index < -0.39 is 10.0 Å². The summed E-state index contributed by atoms with van der Waals surface area (Å²) in [5, 5.41) is 0. The van der Waals surface area contributed by atoms with Gasteiger partial charge in [-0.3, -0.25) is 9.71 Å². The van der Waals surface area contributed by atoms with Crippen LogP contribution in [-0.2, 0) is 10.0 Å². The van der Waals surface area contributed by atoms with Gasteiger partial charge >= 0.3 is 0 Å². The number of aromatic nitrogens is 1. The maximum absolute atomic E-state index is 12.2. The number of benzene rings is 1. The van der Waals surface area contributed by atoms with Crippen LogP contribution in [0.15, 0.2) is 53.7 Å². The molecular formula is C15H17N3O2S. The van der Waals surface area contributed by atoms with Gasteiger partial charge in [0.15, 0.2) is 0 Å². The van der Waals surface area contributed by atoms with Gasteiger partial charge in [0.1, 0.15) is 4.90 Å². The first-order valence-corrected chi connectivity index (χ1v) is 8.41. The highest BCUT2D eigenvalue weighted by molar-refractivity contribution is 7.92. The van der Waals surface area contributed by atoms with Crippen molar-refractivity contribution in [3.8, 4) is 0 Å². The lowest BCUT2D eigenvalue weighted by Gasteiger charge is -2.18. The number of pyridine rings is 1. The third kappa shape index (κ3) is 3.16. The lowest BCUT2D eigenvalue weighted by molar-refractivity contribution is 0.601. The highest BCUT2D eigenvalue weighted by Gasteiger charge is 2.15. The van der Waals surface area contributed by atoms with Crippen LogP contribution in [0.4, 0.5) is 11.4 Å². The van der Waals surface area contributed by atoms with Crippen molar-refractivity contribution in [2.45, 2.75) is 17.7 Å². The van der Waals surface area contributed by atoms with E-state index in [2.05, 4.69) is 14.6 Å². The van der Waals surface area contributed by atoms with Crippen molar-refractivity contribution >= 4 is 21.4 Å². The van der Waals surface area contributed by atoms with E-state index in [0.29, 0.717) is 5.69 Å². The Morgan fingerprint density at radius 3 is 2.38 bits per heavy atom. The SMILES string of the molecule is O=S(=O)(Nc1ccc(N2CCCC2)cc1)c1cccnc1. The summed E-state index contributed by atoms with van der Waals surface area (Å²) in [7, 11) is -3.57. The van der Waals surface area contributed by atoms with Gasteiger partial charge in [-0.2, -0.15) is 0 Å². The highest BCUT2D eigenvalue weighted by Crippen LogP contribution is 2.23. The normalized spacial score (nSPS) is 15.1. The summed E-state index contributed by atoms with van der Waals surface area (Å²) < 4.78 is 26.9. The molecule has 0 atom stereocenters. The summed E-state index contributed by atoms with van der Waals surface area (Å²) in [5.74, 6) is 0. The molecule has 0 bridgehead atoms. The Morgan fingerprint density at radius 2 is 1.76 bits per heavy atom. The predicted octanol–water partition coefficient (Wildman–Crippen LogP) is 2.48. The van der Waals surface area contributed by atoms with Gasteiger partial charge in [-0.25, -0.2) is 8.42 Å². The minimum absolute atomic E-state index is 0.161. The van der Waals surface area contributed by atoms with Crippen LogP contribution in [0.1, 0.15) is 12.8 Å². The third-order valence-electron chi connectivity index (χ3n) is 3.54. The number of nitrogens with zero attached hydrogens (tertiary/aromatic N) is 2. The van der Waals surface area contributed by atoms with Crippen LogP contribution < -0.4 is 9.62 Å². The van der Waals surface area contributed by atoms with E-state index in [1.165, 1.54) is 25.1 Å². The average molecular weight is 303 g/mol. The second kappa shape index (κ2) is 5.73. The van der Waals surface area contributed by atoms with Crippen molar-refractivity contribution in [1.82, 2.24) is 4.98 Å². The van der Waals surface area contributed by atoms with Gasteiger partial charge in [-0.15, -0.1) is 0 Å². The molecule has 0 radical (unpaired) electrons. The monoisotopic (exact) mass is 303 g/mol. The van der Waals surface area contributed by atoms with E-state index >= 15 is 0 Å². The molecule has 21 heavy (non-hydrogen) atoms. The van der Waals surface area contributed by atoms with Gasteiger partial charge in [0.25, 0.3) is 10.0 Å². The van der Waals surface area contributed by atoms with Crippen LogP contribution in [-0.4, -0.2) is 26.5 Å². The second-order valence-corrected chi connectivity index (χ2v) is 6.72. The van der Waals surface area contributed by atoms with Crippen LogP contribution >= 0.6 is 0 Å². The summed E-state index contributed by atoms with van der Waals surface area (Å²) in [4.78, 5) is 6.30. The lowest BCUT2D eigenvalue weighted by atomic mass is 10.2. The number of anilines is 2. The topological polar surface area (TPSA) is 62.3 Å². The zero-order valence-corrected chi connectivity index (χ0v) is 12.4. The fourth-order valence-corrected chi connectivity index (χ4v) is 3.46. The van der Waals surface area contributed by atoms with Gasteiger partial charge < -0.3 is 4.90 Å². The Labute approximate surface area is 124 Å². The van der Waals surface area contributed by atoms with Crippen molar-refractivity contribution in [3.05, 3.63) is 48.8 Å². The number of rotatable bonds is 4. The summed E-state index contributed by atoms with van der Waals surface area (Å²) in [6, 6.07) is 10.6. The molecule has 0 aliphatic carbocycles. The molecular weight excluding hydrogens is 286 g/mol. The fourth-order valence-electron chi connectivity index (χ4n) is 2.44. The first kappa shape index (κ1) is 13.9. The smallest absolute Gasteiger partial charge is 0.263 e. The van der Waals surface area contributed by atoms with Crippen LogP contribution in [0.25, 0.3) is 0 Å². The number of nitrogens with one attached hydrogen (secondary N) is 1. The molecule has 0 saturated carbocycles. The second-order valence-electron chi connectivity index (χ2n) is 5.04. The van der Waals surface area contributed by atoms with Crippen LogP contribution in [0.3, 0.4) is 0 Å². The molecule has 2 heterocycles. The lowest BCUT2D eigenvalue weighted by Crippen LogP contribution is -2.17. The van der Waals surface area contributed by atoms with Crippen LogP contribution in [0.2, 0.25) is 0 Å². The summed E-state index contributed by atoms with van der Waals surface area (Å²) in [5.41, 5.74) is 1.69. The van der Waals surface area contributed by atoms with Gasteiger partial charge in [-0.1, -0.05) is 0 Å². The standard InChI is InChI=1S/C15H17N3O2S/c19-21(20,15-4-3-9-16-12-15)17-13-5-7-14(8-6-13)18-10-1-2-11-18/h3-9,12,17H,1-2,10-11H2. The Balaban J connectivity index is 1.76. The van der Waals surface area contributed by atoms with Crippen molar-refractivity contribution in [3.63, 3.8) is 0 Å². The van der Waals surface area contributed by atoms with Crippen LogP contribution in [0, 0.1) is 0 Å². The predicted molar refractivity (Wildman–Crippen MR) is 82.9 cm³/mol. The third-order valence-corrected chi connectivity index (χ3v) is 4.90. The Morgan fingerprint density at radius 1 is 1.05 bits per heavy atom. The molecule has 1 aliphatic heterocycles. The Bertz CT molecular complexity index is 693. The van der Waals surface area contributed by atoms with Gasteiger partial charge in [0.2, 0.25) is 0 Å². The molecule has 0 unspecified atom stereocenters. The first-order chi connectivity index (χ1) is 10.1. The molecule has 110 valence electrons. The van der Waals surface area contributed by atoms with Crippen molar-refractivity contribution < 1.29 is 8.42 Å². The quantitative estimate of drug-likeness (QED) is 0.942. The van der Waals surface area contributed by atoms with Gasteiger partial charge in [0.05, 0.1) is 0 Å². The molecule has 2 aromatic rings. The summed E-state index contributed by atoms with van der Waals surface area (Å²) in [6.07, 6.45) is 5.32. The van der Waals surface area contributed by atoms with E-state index in [-0.39, 0.29) is 4.90 Å². The average Bonchev–Trinajstić information content (AvgIpc) is 3.03. The van der Waals surface area contributed by atoms with E-state index in [1.54, 1.807) is 24.4 Å². The molecule has 1 aromatic carbocycles. The van der Waals surface area contributed by atoms with Gasteiger partial charge in [-0.05, 0) is 49.2 Å². The van der Waals surface area contributed by atoms with E-state index in [9.17, 15) is 8.42 Å². The zero-order valence-electron chi connectivity index (χ0n) is 11.6. The highest BCUT2D eigenvalue weighted by atomic mass is 32.2. The molecule has 0 amide bonds. The minimum atomic E-state index is -3.57. The molecule has 1 saturated heterocycles. The number of hydrogen-bond acceptors (Lipinski definition) is 4. The summed E-state index contributed by atoms with van der Waals surface area (Å²) >= 11 is 0. The maximum Gasteiger partial charge on any atom is 0.263 e. The molecule has 1 aromatic heterocycles. The molecule has 1 N–H and O–H groups in total. The molecule has 6 heteroatoms. The van der Waals surface area contributed by atoms with E-state index in [4.69, 9.17) is 0 Å². The van der Waals surface area contributed by atoms with Crippen LogP contribution in [0.5, 0.6) is 0 Å². The number of sulfonamides is 1. The van der Waals surface area contributed by atoms with E-state index in [1.807, 2.05) is 12.1 Å². The molecule has 3 rings (SSSR count). The molecule has 5 nitrogen and oxygen atoms in total. The number of hydrogen-bond donors (Lipinski definition) is 1. The largest absolute Gasteiger partial charge is 0.372 e. The van der Waals surface area contributed by atoms with Crippen molar-refractivity contribution in [2.24, 2.45) is 0 Å². The zero-order chi connectivity index (χ0) is 14.7. The van der Waals surface area contributed by atoms with Crippen molar-refractivity contribution in [2.75, 3.05) is 22.7 Å². The Kier molecular flexibility index (Phi) is 3.79. The maximum atomic E-state index is 12.2. The molecule has 1 fully saturated rings. The Hall–Kier alpha value is -2.08. The minimum Gasteiger partial charge on any atom is -0.372 e. The summed E-state index contributed by atoms with van der Waals surface area (Å²) in [6.45, 7) is 2.14. The van der Waals surface area contributed by atoms with Crippen molar-refractivity contribution in [1.29, 1.82) is 0 Å². The van der Waals surface area contributed by atoms with E-state index in [0.717, 1.165) is 18.8 Å². The molecule has 0 spiro atoms. The fraction of sp³-hybridized carbons (Fsp3) is 0.267.